The van der Waals surface area contributed by atoms with E-state index in [0.717, 1.165) is 45.1 Å². The van der Waals surface area contributed by atoms with Gasteiger partial charge < -0.3 is 15.1 Å². The Hall–Kier alpha value is -2.77. The molecule has 7 heteroatoms. The van der Waals surface area contributed by atoms with Gasteiger partial charge in [0.25, 0.3) is 5.91 Å². The number of carbonyl (C=O) groups is 2. The molecule has 1 N–H and O–H groups in total. The van der Waals surface area contributed by atoms with E-state index >= 15 is 0 Å². The van der Waals surface area contributed by atoms with Crippen molar-refractivity contribution in [3.05, 3.63) is 48.2 Å². The molecule has 2 aliphatic rings. The van der Waals surface area contributed by atoms with Crippen LogP contribution in [0.5, 0.6) is 0 Å². The number of anilines is 3. The SMILES string of the molecule is CCN(CC)CCCC1CCN(CCCC(=O)N2c3ccccc3NC(=O)c3cccnc32)CC1. The molecule has 0 atom stereocenters. The van der Waals surface area contributed by atoms with E-state index in [4.69, 9.17) is 0 Å². The van der Waals surface area contributed by atoms with Crippen molar-refractivity contribution in [2.45, 2.75) is 52.4 Å². The summed E-state index contributed by atoms with van der Waals surface area (Å²) in [5.74, 6) is 0.978. The van der Waals surface area contributed by atoms with Crippen LogP contribution >= 0.6 is 0 Å². The highest BCUT2D eigenvalue weighted by Crippen LogP contribution is 2.37. The second kappa shape index (κ2) is 12.3. The molecule has 35 heavy (non-hydrogen) atoms. The number of piperidine rings is 1. The van der Waals surface area contributed by atoms with Crippen LogP contribution in [0.4, 0.5) is 17.2 Å². The van der Waals surface area contributed by atoms with Crippen molar-refractivity contribution in [1.82, 2.24) is 14.8 Å². The minimum Gasteiger partial charge on any atom is -0.320 e. The smallest absolute Gasteiger partial charge is 0.259 e. The Balaban J connectivity index is 1.29. The molecule has 2 amide bonds. The summed E-state index contributed by atoms with van der Waals surface area (Å²) in [5, 5.41) is 2.92. The summed E-state index contributed by atoms with van der Waals surface area (Å²) in [4.78, 5) is 37.2. The van der Waals surface area contributed by atoms with E-state index in [2.05, 4.69) is 33.9 Å². The van der Waals surface area contributed by atoms with Crippen LogP contribution in [-0.2, 0) is 4.79 Å². The van der Waals surface area contributed by atoms with E-state index in [-0.39, 0.29) is 11.8 Å². The fourth-order valence-electron chi connectivity index (χ4n) is 5.29. The number of rotatable bonds is 10. The lowest BCUT2D eigenvalue weighted by Gasteiger charge is -2.32. The summed E-state index contributed by atoms with van der Waals surface area (Å²) in [5.41, 5.74) is 1.72. The molecule has 1 aromatic heterocycles. The van der Waals surface area contributed by atoms with Gasteiger partial charge in [-0.05, 0) is 102 Å². The molecular formula is C28H39N5O2. The maximum absolute atomic E-state index is 13.4. The Morgan fingerprint density at radius 2 is 1.86 bits per heavy atom. The largest absolute Gasteiger partial charge is 0.320 e. The first-order valence-corrected chi connectivity index (χ1v) is 13.2. The third kappa shape index (κ3) is 6.27. The molecule has 0 unspecified atom stereocenters. The van der Waals surface area contributed by atoms with Crippen molar-refractivity contribution in [2.75, 3.05) is 49.5 Å². The fraction of sp³-hybridized carbons (Fsp3) is 0.536. The number of pyridine rings is 1. The van der Waals surface area contributed by atoms with Gasteiger partial charge in [0.2, 0.25) is 5.91 Å². The number of likely N-dealkylation sites (tertiary alicyclic amines) is 1. The summed E-state index contributed by atoms with van der Waals surface area (Å²) in [6.07, 6.45) is 8.00. The summed E-state index contributed by atoms with van der Waals surface area (Å²) in [6, 6.07) is 10.9. The lowest BCUT2D eigenvalue weighted by molar-refractivity contribution is -0.118. The van der Waals surface area contributed by atoms with E-state index in [0.29, 0.717) is 29.2 Å². The molecule has 0 saturated carbocycles. The summed E-state index contributed by atoms with van der Waals surface area (Å²) in [6.45, 7) is 11.2. The summed E-state index contributed by atoms with van der Waals surface area (Å²) < 4.78 is 0. The second-order valence-electron chi connectivity index (χ2n) is 9.63. The van der Waals surface area contributed by atoms with Gasteiger partial charge in [-0.2, -0.15) is 0 Å². The highest BCUT2D eigenvalue weighted by Gasteiger charge is 2.30. The van der Waals surface area contributed by atoms with Gasteiger partial charge in [-0.15, -0.1) is 0 Å². The quantitative estimate of drug-likeness (QED) is 0.526. The highest BCUT2D eigenvalue weighted by molar-refractivity contribution is 6.16. The Labute approximate surface area is 209 Å². The zero-order chi connectivity index (χ0) is 24.6. The van der Waals surface area contributed by atoms with Gasteiger partial charge in [-0.25, -0.2) is 4.98 Å². The van der Waals surface area contributed by atoms with Crippen LogP contribution in [0.2, 0.25) is 0 Å². The first-order valence-electron chi connectivity index (χ1n) is 13.2. The molecule has 1 aromatic carbocycles. The number of benzene rings is 1. The van der Waals surface area contributed by atoms with Crippen molar-refractivity contribution in [3.8, 4) is 0 Å². The number of hydrogen-bond acceptors (Lipinski definition) is 5. The topological polar surface area (TPSA) is 68.8 Å². The van der Waals surface area contributed by atoms with Gasteiger partial charge in [-0.1, -0.05) is 26.0 Å². The number of hydrogen-bond donors (Lipinski definition) is 1. The molecule has 0 spiro atoms. The van der Waals surface area contributed by atoms with Gasteiger partial charge >= 0.3 is 0 Å². The van der Waals surface area contributed by atoms with E-state index in [1.165, 1.54) is 32.2 Å². The third-order valence-electron chi connectivity index (χ3n) is 7.44. The number of para-hydroxylation sites is 2. The Bertz CT molecular complexity index is 998. The monoisotopic (exact) mass is 477 g/mol. The van der Waals surface area contributed by atoms with Gasteiger partial charge in [0.1, 0.15) is 0 Å². The molecular weight excluding hydrogens is 438 g/mol. The first-order chi connectivity index (χ1) is 17.1. The number of aromatic nitrogens is 1. The Morgan fingerprint density at radius 3 is 2.63 bits per heavy atom. The van der Waals surface area contributed by atoms with Crippen LogP contribution < -0.4 is 10.2 Å². The standard InChI is InChI=1S/C28H39N5O2/c1-3-31(4-2)18-8-10-22-15-20-32(21-16-22)19-9-14-26(34)33-25-13-6-5-12-24(25)30-28(35)23-11-7-17-29-27(23)33/h5-7,11-13,17,22H,3-4,8-10,14-16,18-21H2,1-2H3,(H,30,35). The number of nitrogens with zero attached hydrogens (tertiary/aromatic N) is 4. The number of fused-ring (bicyclic) bond motifs is 2. The molecule has 0 radical (unpaired) electrons. The minimum atomic E-state index is -0.240. The van der Waals surface area contributed by atoms with Crippen molar-refractivity contribution in [3.63, 3.8) is 0 Å². The second-order valence-corrected chi connectivity index (χ2v) is 9.63. The molecule has 7 nitrogen and oxygen atoms in total. The molecule has 4 rings (SSSR count). The van der Waals surface area contributed by atoms with E-state index in [1.807, 2.05) is 24.3 Å². The highest BCUT2D eigenvalue weighted by atomic mass is 16.2. The zero-order valence-corrected chi connectivity index (χ0v) is 21.2. The molecule has 1 fully saturated rings. The minimum absolute atomic E-state index is 0.0276. The van der Waals surface area contributed by atoms with E-state index in [1.54, 1.807) is 23.2 Å². The van der Waals surface area contributed by atoms with Crippen LogP contribution in [0, 0.1) is 5.92 Å². The maximum Gasteiger partial charge on any atom is 0.259 e. The van der Waals surface area contributed by atoms with E-state index < -0.39 is 0 Å². The molecule has 0 bridgehead atoms. The number of amides is 2. The van der Waals surface area contributed by atoms with Gasteiger partial charge in [-0.3, -0.25) is 14.5 Å². The van der Waals surface area contributed by atoms with Crippen LogP contribution in [0.1, 0.15) is 62.7 Å². The summed E-state index contributed by atoms with van der Waals surface area (Å²) in [7, 11) is 0. The van der Waals surface area contributed by atoms with E-state index in [9.17, 15) is 9.59 Å². The van der Waals surface area contributed by atoms with Gasteiger partial charge in [0, 0.05) is 12.6 Å². The molecule has 0 aliphatic carbocycles. The first kappa shape index (κ1) is 25.3. The van der Waals surface area contributed by atoms with Gasteiger partial charge in [0.05, 0.1) is 16.9 Å². The predicted molar refractivity (Wildman–Crippen MR) is 141 cm³/mol. The predicted octanol–water partition coefficient (Wildman–Crippen LogP) is 4.93. The van der Waals surface area contributed by atoms with Crippen molar-refractivity contribution in [1.29, 1.82) is 0 Å². The Morgan fingerprint density at radius 1 is 1.09 bits per heavy atom. The summed E-state index contributed by atoms with van der Waals surface area (Å²) >= 11 is 0. The normalized spacial score (nSPS) is 16.5. The molecule has 188 valence electrons. The van der Waals surface area contributed by atoms with Gasteiger partial charge in [0.15, 0.2) is 5.82 Å². The van der Waals surface area contributed by atoms with Crippen LogP contribution in [0.15, 0.2) is 42.6 Å². The van der Waals surface area contributed by atoms with Crippen molar-refractivity contribution >= 4 is 29.0 Å². The van der Waals surface area contributed by atoms with Crippen molar-refractivity contribution < 1.29 is 9.59 Å². The number of carbonyl (C=O) groups excluding carboxylic acids is 2. The fourth-order valence-corrected chi connectivity index (χ4v) is 5.29. The lowest BCUT2D eigenvalue weighted by atomic mass is 9.92. The zero-order valence-electron chi connectivity index (χ0n) is 21.2. The molecule has 1 saturated heterocycles. The lowest BCUT2D eigenvalue weighted by Crippen LogP contribution is -2.35. The average Bonchev–Trinajstić information content (AvgIpc) is 3.01. The molecule has 3 heterocycles. The average molecular weight is 478 g/mol. The van der Waals surface area contributed by atoms with Crippen molar-refractivity contribution in [2.24, 2.45) is 5.92 Å². The third-order valence-corrected chi connectivity index (χ3v) is 7.44. The van der Waals surface area contributed by atoms with Crippen LogP contribution in [-0.4, -0.2) is 65.9 Å². The van der Waals surface area contributed by atoms with Crippen LogP contribution in [0.25, 0.3) is 0 Å². The number of nitrogens with one attached hydrogen (secondary N) is 1. The van der Waals surface area contributed by atoms with Crippen LogP contribution in [0.3, 0.4) is 0 Å². The molecule has 2 aliphatic heterocycles. The maximum atomic E-state index is 13.4. The molecule has 2 aromatic rings. The Kier molecular flexibility index (Phi) is 8.88.